The number of benzene rings is 1. The number of thiophene rings is 1. The van der Waals surface area contributed by atoms with Crippen molar-refractivity contribution in [1.82, 2.24) is 4.98 Å². The summed E-state index contributed by atoms with van der Waals surface area (Å²) in [5, 5.41) is 14.5. The first-order chi connectivity index (χ1) is 12.1. The van der Waals surface area contributed by atoms with Crippen molar-refractivity contribution in [3.05, 3.63) is 58.1 Å². The predicted octanol–water partition coefficient (Wildman–Crippen LogP) is 4.47. The van der Waals surface area contributed by atoms with Crippen LogP contribution in [0.2, 0.25) is 0 Å². The Morgan fingerprint density at radius 1 is 1.32 bits per heavy atom. The van der Waals surface area contributed by atoms with Crippen LogP contribution in [-0.4, -0.2) is 23.1 Å². The minimum atomic E-state index is -0.146. The summed E-state index contributed by atoms with van der Waals surface area (Å²) in [6.07, 6.45) is 3.64. The van der Waals surface area contributed by atoms with Crippen molar-refractivity contribution in [2.24, 2.45) is 0 Å². The van der Waals surface area contributed by atoms with E-state index in [1.165, 1.54) is 13.2 Å². The predicted molar refractivity (Wildman–Crippen MR) is 102 cm³/mol. The molecule has 0 saturated carbocycles. The first-order valence-corrected chi connectivity index (χ1v) is 9.08. The maximum absolute atomic E-state index is 12.3. The molecule has 1 amide bonds. The van der Waals surface area contributed by atoms with E-state index in [2.05, 4.69) is 26.2 Å². The van der Waals surface area contributed by atoms with Gasteiger partial charge >= 0.3 is 0 Å². The molecule has 128 valence electrons. The average Bonchev–Trinajstić information content (AvgIpc) is 3.06. The van der Waals surface area contributed by atoms with Gasteiger partial charge in [-0.1, -0.05) is 15.9 Å². The van der Waals surface area contributed by atoms with Crippen molar-refractivity contribution < 1.29 is 14.6 Å². The molecule has 0 aliphatic heterocycles. The second-order valence-corrected chi connectivity index (χ2v) is 7.04. The van der Waals surface area contributed by atoms with E-state index in [1.54, 1.807) is 29.8 Å². The van der Waals surface area contributed by atoms with E-state index in [4.69, 9.17) is 4.74 Å². The third-order valence-corrected chi connectivity index (χ3v) is 5.26. The fourth-order valence-corrected chi connectivity index (χ4v) is 3.65. The molecule has 0 unspecified atom stereocenters. The van der Waals surface area contributed by atoms with Crippen molar-refractivity contribution in [3.8, 4) is 21.9 Å². The summed E-state index contributed by atoms with van der Waals surface area (Å²) in [5.74, 6) is 0.215. The number of carbonyl (C=O) groups is 1. The number of phenolic OH excluding ortho intramolecular Hbond substituents is 1. The van der Waals surface area contributed by atoms with E-state index in [1.807, 2.05) is 23.6 Å². The number of carbonyl (C=O) groups excluding carboxylic acids is 1. The second kappa shape index (κ2) is 7.67. The Kier molecular flexibility index (Phi) is 5.35. The van der Waals surface area contributed by atoms with Gasteiger partial charge < -0.3 is 15.2 Å². The first-order valence-electron chi connectivity index (χ1n) is 7.41. The molecule has 0 saturated heterocycles. The molecule has 5 nitrogen and oxygen atoms in total. The number of anilines is 1. The molecule has 3 rings (SSSR count). The van der Waals surface area contributed by atoms with Crippen LogP contribution in [0.3, 0.4) is 0 Å². The van der Waals surface area contributed by atoms with Gasteiger partial charge in [-0.15, -0.1) is 11.3 Å². The zero-order chi connectivity index (χ0) is 17.8. The molecule has 0 bridgehead atoms. The van der Waals surface area contributed by atoms with Crippen molar-refractivity contribution in [1.29, 1.82) is 0 Å². The van der Waals surface area contributed by atoms with Crippen LogP contribution >= 0.6 is 27.3 Å². The first kappa shape index (κ1) is 17.4. The Labute approximate surface area is 157 Å². The van der Waals surface area contributed by atoms with E-state index in [0.29, 0.717) is 10.2 Å². The van der Waals surface area contributed by atoms with Crippen molar-refractivity contribution in [2.75, 3.05) is 12.4 Å². The molecule has 0 aliphatic carbocycles. The third-order valence-electron chi connectivity index (χ3n) is 3.55. The molecule has 25 heavy (non-hydrogen) atoms. The topological polar surface area (TPSA) is 71.5 Å². The van der Waals surface area contributed by atoms with Gasteiger partial charge in [-0.25, -0.2) is 0 Å². The molecule has 7 heteroatoms. The lowest BCUT2D eigenvalue weighted by molar-refractivity contribution is -0.115. The minimum absolute atomic E-state index is 0.0263. The number of rotatable bonds is 5. The molecule has 1 aromatic carbocycles. The number of nitrogens with one attached hydrogen (secondary N) is 1. The normalized spacial score (nSPS) is 10.5. The summed E-state index contributed by atoms with van der Waals surface area (Å²) < 4.78 is 5.74. The number of ether oxygens (including phenoxy) is 1. The van der Waals surface area contributed by atoms with E-state index < -0.39 is 0 Å². The van der Waals surface area contributed by atoms with Gasteiger partial charge in [-0.3, -0.25) is 9.78 Å². The zero-order valence-corrected chi connectivity index (χ0v) is 15.7. The highest BCUT2D eigenvalue weighted by atomic mass is 79.9. The van der Waals surface area contributed by atoms with E-state index in [9.17, 15) is 9.90 Å². The fourth-order valence-electron chi connectivity index (χ4n) is 2.33. The van der Waals surface area contributed by atoms with Gasteiger partial charge in [0.05, 0.1) is 19.2 Å². The summed E-state index contributed by atoms with van der Waals surface area (Å²) in [5.41, 5.74) is 2.55. The van der Waals surface area contributed by atoms with Crippen LogP contribution in [0.1, 0.15) is 5.56 Å². The molecular weight excluding hydrogens is 404 g/mol. The zero-order valence-electron chi connectivity index (χ0n) is 13.3. The number of amides is 1. The summed E-state index contributed by atoms with van der Waals surface area (Å²) in [7, 11) is 1.47. The highest BCUT2D eigenvalue weighted by Gasteiger charge is 2.13. The molecule has 0 atom stereocenters. The largest absolute Gasteiger partial charge is 0.504 e. The molecule has 0 aliphatic rings. The maximum Gasteiger partial charge on any atom is 0.228 e. The number of halogens is 1. The van der Waals surface area contributed by atoms with E-state index in [0.717, 1.165) is 21.7 Å². The van der Waals surface area contributed by atoms with Gasteiger partial charge in [0.25, 0.3) is 0 Å². The number of aromatic nitrogens is 1. The number of aromatic hydroxyl groups is 1. The number of phenols is 1. The van der Waals surface area contributed by atoms with Gasteiger partial charge in [0.1, 0.15) is 0 Å². The Balaban J connectivity index is 1.70. The van der Waals surface area contributed by atoms with Gasteiger partial charge in [0.2, 0.25) is 5.91 Å². The van der Waals surface area contributed by atoms with E-state index in [-0.39, 0.29) is 18.1 Å². The van der Waals surface area contributed by atoms with Crippen LogP contribution in [0.25, 0.3) is 10.4 Å². The Hall–Kier alpha value is -2.38. The molecule has 0 fully saturated rings. The number of pyridine rings is 1. The average molecular weight is 419 g/mol. The molecule has 0 spiro atoms. The number of nitrogens with zero attached hydrogens (tertiary/aromatic N) is 1. The van der Waals surface area contributed by atoms with E-state index >= 15 is 0 Å². The minimum Gasteiger partial charge on any atom is -0.504 e. The highest BCUT2D eigenvalue weighted by molar-refractivity contribution is 9.10. The molecule has 0 radical (unpaired) electrons. The number of hydrogen-bond donors (Lipinski definition) is 2. The van der Waals surface area contributed by atoms with Gasteiger partial charge in [0.15, 0.2) is 11.5 Å². The smallest absolute Gasteiger partial charge is 0.228 e. The quantitative estimate of drug-likeness (QED) is 0.640. The maximum atomic E-state index is 12.3. The van der Waals surface area contributed by atoms with Crippen LogP contribution in [-0.2, 0) is 11.2 Å². The summed E-state index contributed by atoms with van der Waals surface area (Å²) >= 11 is 4.92. The lowest BCUT2D eigenvalue weighted by Crippen LogP contribution is -2.14. The molecule has 2 N–H and O–H groups in total. The Morgan fingerprint density at radius 3 is 2.80 bits per heavy atom. The standard InChI is InChI=1S/C18H15BrN2O3S/c1-24-16-6-12(14(19)9-15(16)22)7-18(23)21-13-8-17(25-10-13)11-2-4-20-5-3-11/h2-6,8-10,22H,7H2,1H3,(H,21,23). The van der Waals surface area contributed by atoms with Gasteiger partial charge in [0, 0.05) is 27.1 Å². The Bertz CT molecular complexity index is 897. The Morgan fingerprint density at radius 2 is 2.08 bits per heavy atom. The summed E-state index contributed by atoms with van der Waals surface area (Å²) in [6, 6.07) is 8.96. The molecule has 2 heterocycles. The molecule has 2 aromatic heterocycles. The van der Waals surface area contributed by atoms with Crippen LogP contribution in [0.15, 0.2) is 52.6 Å². The number of hydrogen-bond acceptors (Lipinski definition) is 5. The fraction of sp³-hybridized carbons (Fsp3) is 0.111. The van der Waals surface area contributed by atoms with Crippen molar-refractivity contribution >= 4 is 38.9 Å². The van der Waals surface area contributed by atoms with Crippen molar-refractivity contribution in [2.45, 2.75) is 6.42 Å². The van der Waals surface area contributed by atoms with Crippen LogP contribution in [0.5, 0.6) is 11.5 Å². The second-order valence-electron chi connectivity index (χ2n) is 5.28. The van der Waals surface area contributed by atoms with Crippen LogP contribution in [0.4, 0.5) is 5.69 Å². The third kappa shape index (κ3) is 4.18. The van der Waals surface area contributed by atoms with Crippen molar-refractivity contribution in [3.63, 3.8) is 0 Å². The lowest BCUT2D eigenvalue weighted by atomic mass is 10.1. The van der Waals surface area contributed by atoms with Crippen LogP contribution < -0.4 is 10.1 Å². The monoisotopic (exact) mass is 418 g/mol. The van der Waals surface area contributed by atoms with Crippen LogP contribution in [0, 0.1) is 0 Å². The van der Waals surface area contributed by atoms with Gasteiger partial charge in [-0.2, -0.15) is 0 Å². The highest BCUT2D eigenvalue weighted by Crippen LogP contribution is 2.33. The molecular formula is C18H15BrN2O3S. The summed E-state index contributed by atoms with van der Waals surface area (Å²) in [4.78, 5) is 17.4. The summed E-state index contributed by atoms with van der Waals surface area (Å²) in [6.45, 7) is 0. The SMILES string of the molecule is COc1cc(CC(=O)Nc2csc(-c3ccncc3)c2)c(Br)cc1O. The number of methoxy groups -OCH3 is 1. The molecule has 3 aromatic rings. The lowest BCUT2D eigenvalue weighted by Gasteiger charge is -2.09. The van der Waals surface area contributed by atoms with Gasteiger partial charge in [-0.05, 0) is 41.5 Å².